The van der Waals surface area contributed by atoms with Gasteiger partial charge in [0.05, 0.1) is 6.17 Å². The van der Waals surface area contributed by atoms with Gasteiger partial charge >= 0.3 is 0 Å². The molecule has 0 aliphatic carbocycles. The normalized spacial score (nSPS) is 13.3. The molecule has 0 aromatic heterocycles. The Kier molecular flexibility index (Phi) is 3.46. The molecule has 1 rings (SSSR count). The van der Waals surface area contributed by atoms with Crippen LogP contribution in [-0.4, -0.2) is 26.0 Å². The summed E-state index contributed by atoms with van der Waals surface area (Å²) < 4.78 is 0. The van der Waals surface area contributed by atoms with Gasteiger partial charge < -0.3 is 5.32 Å². The molecule has 2 nitrogen and oxygen atoms in total. The Balaban J connectivity index is 2.86. The maximum absolute atomic E-state index is 3.26. The third-order valence-electron chi connectivity index (χ3n) is 2.18. The molecule has 2 heteroatoms. The topological polar surface area (TPSA) is 15.3 Å². The van der Waals surface area contributed by atoms with Crippen molar-refractivity contribution in [2.75, 3.05) is 21.1 Å². The van der Waals surface area contributed by atoms with Crippen LogP contribution in [0.1, 0.15) is 17.3 Å². The van der Waals surface area contributed by atoms with E-state index in [4.69, 9.17) is 0 Å². The lowest BCUT2D eigenvalue weighted by atomic mass is 10.1. The van der Waals surface area contributed by atoms with Gasteiger partial charge in [0.2, 0.25) is 0 Å². The van der Waals surface area contributed by atoms with Gasteiger partial charge in [-0.25, -0.2) is 0 Å². The molecule has 1 aromatic carbocycles. The van der Waals surface area contributed by atoms with E-state index in [1.54, 1.807) is 0 Å². The van der Waals surface area contributed by atoms with Crippen molar-refractivity contribution in [2.24, 2.45) is 0 Å². The fourth-order valence-corrected chi connectivity index (χ4v) is 1.47. The summed E-state index contributed by atoms with van der Waals surface area (Å²) in [6.07, 6.45) is 0.306. The first kappa shape index (κ1) is 10.2. The Bertz CT molecular complexity index is 251. The third kappa shape index (κ3) is 2.54. The summed E-state index contributed by atoms with van der Waals surface area (Å²) in [6.45, 7) is 2.10. The molecule has 1 aromatic rings. The second kappa shape index (κ2) is 4.40. The number of nitrogens with one attached hydrogen (secondary N) is 1. The smallest absolute Gasteiger partial charge is 0.0853 e. The maximum Gasteiger partial charge on any atom is 0.0853 e. The highest BCUT2D eigenvalue weighted by molar-refractivity contribution is 5.23. The first-order chi connectivity index (χ1) is 6.15. The van der Waals surface area contributed by atoms with Crippen molar-refractivity contribution in [1.29, 1.82) is 0 Å². The van der Waals surface area contributed by atoms with Crippen molar-refractivity contribution < 1.29 is 0 Å². The summed E-state index contributed by atoms with van der Waals surface area (Å²) in [5.41, 5.74) is 2.61. The van der Waals surface area contributed by atoms with E-state index in [1.165, 1.54) is 11.1 Å². The van der Waals surface area contributed by atoms with Gasteiger partial charge in [-0.2, -0.15) is 0 Å². The number of rotatable bonds is 3. The summed E-state index contributed by atoms with van der Waals surface area (Å²) in [4.78, 5) is 2.16. The standard InChI is InChI=1S/C11H18N2/c1-9-5-7-10(8-6-9)11(12-2)13(3)4/h5-8,11-12H,1-4H3. The van der Waals surface area contributed by atoms with Crippen molar-refractivity contribution in [1.82, 2.24) is 10.2 Å². The Morgan fingerprint density at radius 3 is 2.08 bits per heavy atom. The lowest BCUT2D eigenvalue weighted by Gasteiger charge is -2.24. The molecule has 0 spiro atoms. The fraction of sp³-hybridized carbons (Fsp3) is 0.455. The van der Waals surface area contributed by atoms with E-state index in [2.05, 4.69) is 55.5 Å². The zero-order valence-corrected chi connectivity index (χ0v) is 8.83. The van der Waals surface area contributed by atoms with Gasteiger partial charge in [0, 0.05) is 0 Å². The molecule has 0 saturated heterocycles. The van der Waals surface area contributed by atoms with E-state index in [0.29, 0.717) is 6.17 Å². The maximum atomic E-state index is 3.26. The summed E-state index contributed by atoms with van der Waals surface area (Å²) in [6, 6.07) is 8.61. The summed E-state index contributed by atoms with van der Waals surface area (Å²) in [5.74, 6) is 0. The SMILES string of the molecule is CNC(c1ccc(C)cc1)N(C)C. The van der Waals surface area contributed by atoms with Crippen LogP contribution in [0.15, 0.2) is 24.3 Å². The van der Waals surface area contributed by atoms with E-state index in [0.717, 1.165) is 0 Å². The Morgan fingerprint density at radius 2 is 1.69 bits per heavy atom. The Morgan fingerprint density at radius 1 is 1.15 bits per heavy atom. The van der Waals surface area contributed by atoms with E-state index < -0.39 is 0 Å². The zero-order chi connectivity index (χ0) is 9.84. The van der Waals surface area contributed by atoms with Gasteiger partial charge in [0.1, 0.15) is 0 Å². The molecule has 0 heterocycles. The molecule has 0 saturated carbocycles. The Hall–Kier alpha value is -0.860. The summed E-state index contributed by atoms with van der Waals surface area (Å²) in [7, 11) is 6.12. The summed E-state index contributed by atoms with van der Waals surface area (Å²) >= 11 is 0. The minimum atomic E-state index is 0.306. The van der Waals surface area contributed by atoms with Crippen molar-refractivity contribution >= 4 is 0 Å². The number of benzene rings is 1. The van der Waals surface area contributed by atoms with Crippen LogP contribution in [-0.2, 0) is 0 Å². The summed E-state index contributed by atoms with van der Waals surface area (Å²) in [5, 5.41) is 3.26. The van der Waals surface area contributed by atoms with Gasteiger partial charge in [-0.15, -0.1) is 0 Å². The second-order valence-corrected chi connectivity index (χ2v) is 3.57. The highest BCUT2D eigenvalue weighted by Crippen LogP contribution is 2.14. The number of aryl methyl sites for hydroxylation is 1. The van der Waals surface area contributed by atoms with Crippen LogP contribution in [0.4, 0.5) is 0 Å². The highest BCUT2D eigenvalue weighted by atomic mass is 15.2. The molecule has 0 aliphatic rings. The molecule has 0 amide bonds. The molecule has 0 fully saturated rings. The van der Waals surface area contributed by atoms with Gasteiger partial charge in [0.15, 0.2) is 0 Å². The van der Waals surface area contributed by atoms with Crippen LogP contribution in [0, 0.1) is 6.92 Å². The number of hydrogen-bond acceptors (Lipinski definition) is 2. The van der Waals surface area contributed by atoms with Crippen molar-refractivity contribution in [3.05, 3.63) is 35.4 Å². The van der Waals surface area contributed by atoms with Gasteiger partial charge in [-0.3, -0.25) is 4.90 Å². The first-order valence-corrected chi connectivity index (χ1v) is 4.55. The monoisotopic (exact) mass is 178 g/mol. The average Bonchev–Trinajstić information content (AvgIpc) is 2.09. The van der Waals surface area contributed by atoms with Crippen LogP contribution in [0.3, 0.4) is 0 Å². The molecular weight excluding hydrogens is 160 g/mol. The minimum Gasteiger partial charge on any atom is -0.301 e. The van der Waals surface area contributed by atoms with Crippen LogP contribution in [0.5, 0.6) is 0 Å². The van der Waals surface area contributed by atoms with Crippen molar-refractivity contribution in [3.8, 4) is 0 Å². The van der Waals surface area contributed by atoms with E-state index in [-0.39, 0.29) is 0 Å². The van der Waals surface area contributed by atoms with Crippen LogP contribution in [0.25, 0.3) is 0 Å². The van der Waals surface area contributed by atoms with Gasteiger partial charge in [-0.05, 0) is 33.6 Å². The van der Waals surface area contributed by atoms with E-state index in [1.807, 2.05) is 7.05 Å². The van der Waals surface area contributed by atoms with Crippen LogP contribution in [0.2, 0.25) is 0 Å². The largest absolute Gasteiger partial charge is 0.301 e. The minimum absolute atomic E-state index is 0.306. The predicted octanol–water partition coefficient (Wildman–Crippen LogP) is 1.77. The number of hydrogen-bond donors (Lipinski definition) is 1. The molecule has 0 aliphatic heterocycles. The van der Waals surface area contributed by atoms with Crippen LogP contribution >= 0.6 is 0 Å². The zero-order valence-electron chi connectivity index (χ0n) is 8.83. The average molecular weight is 178 g/mol. The highest BCUT2D eigenvalue weighted by Gasteiger charge is 2.09. The lowest BCUT2D eigenvalue weighted by Crippen LogP contribution is -2.30. The van der Waals surface area contributed by atoms with Gasteiger partial charge in [0.25, 0.3) is 0 Å². The Labute approximate surface area is 80.6 Å². The molecule has 0 radical (unpaired) electrons. The van der Waals surface area contributed by atoms with Crippen molar-refractivity contribution in [2.45, 2.75) is 13.1 Å². The van der Waals surface area contributed by atoms with Gasteiger partial charge in [-0.1, -0.05) is 29.8 Å². The predicted molar refractivity (Wildman–Crippen MR) is 56.7 cm³/mol. The molecule has 1 unspecified atom stereocenters. The molecule has 1 N–H and O–H groups in total. The second-order valence-electron chi connectivity index (χ2n) is 3.57. The first-order valence-electron chi connectivity index (χ1n) is 4.55. The molecular formula is C11H18N2. The molecule has 72 valence electrons. The quantitative estimate of drug-likeness (QED) is 0.710. The molecule has 1 atom stereocenters. The third-order valence-corrected chi connectivity index (χ3v) is 2.18. The lowest BCUT2D eigenvalue weighted by molar-refractivity contribution is 0.264. The van der Waals surface area contributed by atoms with Crippen LogP contribution < -0.4 is 5.32 Å². The van der Waals surface area contributed by atoms with E-state index in [9.17, 15) is 0 Å². The number of nitrogens with zero attached hydrogens (tertiary/aromatic N) is 1. The molecule has 13 heavy (non-hydrogen) atoms. The fourth-order valence-electron chi connectivity index (χ4n) is 1.47. The van der Waals surface area contributed by atoms with E-state index >= 15 is 0 Å². The molecule has 0 bridgehead atoms. The van der Waals surface area contributed by atoms with Crippen molar-refractivity contribution in [3.63, 3.8) is 0 Å².